The molecular formula is C11H17N3O3S. The van der Waals surface area contributed by atoms with Crippen molar-refractivity contribution in [1.82, 2.24) is 10.0 Å². The Morgan fingerprint density at radius 2 is 2.06 bits per heavy atom. The molecule has 0 saturated carbocycles. The third-order valence-electron chi connectivity index (χ3n) is 2.43. The zero-order valence-corrected chi connectivity index (χ0v) is 11.2. The van der Waals surface area contributed by atoms with E-state index in [0.29, 0.717) is 5.56 Å². The molecule has 1 rings (SSSR count). The maximum Gasteiger partial charge on any atom is 0.242 e. The average molecular weight is 271 g/mol. The molecule has 0 aliphatic carbocycles. The summed E-state index contributed by atoms with van der Waals surface area (Å²) in [5.74, 6) is -0.226. The standard InChI is InChI=1S/C11H17N3O3S/c1-8-4-3-5-9(12)11(8)18(16,17)14-7-6-10(15)13-2/h3-5,14H,6-7,12H2,1-2H3,(H,13,15). The summed E-state index contributed by atoms with van der Waals surface area (Å²) in [4.78, 5) is 11.1. The number of nitrogen functional groups attached to an aromatic ring is 1. The highest BCUT2D eigenvalue weighted by molar-refractivity contribution is 7.89. The van der Waals surface area contributed by atoms with E-state index in [4.69, 9.17) is 5.73 Å². The number of hydrogen-bond acceptors (Lipinski definition) is 4. The lowest BCUT2D eigenvalue weighted by Crippen LogP contribution is -2.30. The van der Waals surface area contributed by atoms with Crippen molar-refractivity contribution in [2.75, 3.05) is 19.3 Å². The van der Waals surface area contributed by atoms with Gasteiger partial charge in [-0.2, -0.15) is 0 Å². The highest BCUT2D eigenvalue weighted by Crippen LogP contribution is 2.21. The second kappa shape index (κ2) is 5.83. The first-order valence-electron chi connectivity index (χ1n) is 5.44. The Kier molecular flexibility index (Phi) is 4.69. The van der Waals surface area contributed by atoms with Gasteiger partial charge in [0.2, 0.25) is 15.9 Å². The summed E-state index contributed by atoms with van der Waals surface area (Å²) < 4.78 is 26.4. The number of aryl methyl sites for hydroxylation is 1. The molecule has 0 heterocycles. The van der Waals surface area contributed by atoms with Crippen LogP contribution in [0.4, 0.5) is 5.69 Å². The number of amides is 1. The summed E-state index contributed by atoms with van der Waals surface area (Å²) in [6, 6.07) is 4.89. The van der Waals surface area contributed by atoms with Crippen molar-refractivity contribution in [3.63, 3.8) is 0 Å². The predicted molar refractivity (Wildman–Crippen MR) is 69.5 cm³/mol. The van der Waals surface area contributed by atoms with Crippen LogP contribution in [0.3, 0.4) is 0 Å². The van der Waals surface area contributed by atoms with E-state index in [1.807, 2.05) is 0 Å². The van der Waals surface area contributed by atoms with E-state index in [2.05, 4.69) is 10.0 Å². The van der Waals surface area contributed by atoms with E-state index in [-0.39, 0.29) is 29.5 Å². The normalized spacial score (nSPS) is 11.2. The Bertz CT molecular complexity index is 520. The minimum Gasteiger partial charge on any atom is -0.398 e. The van der Waals surface area contributed by atoms with Gasteiger partial charge in [-0.05, 0) is 18.6 Å². The molecule has 0 radical (unpaired) electrons. The summed E-state index contributed by atoms with van der Waals surface area (Å²) in [5.41, 5.74) is 6.44. The largest absolute Gasteiger partial charge is 0.398 e. The Morgan fingerprint density at radius 1 is 1.39 bits per heavy atom. The monoisotopic (exact) mass is 271 g/mol. The number of sulfonamides is 1. The molecule has 1 aromatic rings. The molecule has 0 aromatic heterocycles. The van der Waals surface area contributed by atoms with Gasteiger partial charge in [-0.15, -0.1) is 0 Å². The molecule has 0 bridgehead atoms. The van der Waals surface area contributed by atoms with E-state index in [1.54, 1.807) is 19.1 Å². The van der Waals surface area contributed by atoms with Crippen molar-refractivity contribution in [1.29, 1.82) is 0 Å². The summed E-state index contributed by atoms with van der Waals surface area (Å²) >= 11 is 0. The molecule has 0 saturated heterocycles. The number of carbonyl (C=O) groups excluding carboxylic acids is 1. The van der Waals surface area contributed by atoms with Crippen molar-refractivity contribution >= 4 is 21.6 Å². The van der Waals surface area contributed by atoms with Crippen LogP contribution in [0.2, 0.25) is 0 Å². The molecule has 18 heavy (non-hydrogen) atoms. The maximum absolute atomic E-state index is 12.0. The topological polar surface area (TPSA) is 101 Å². The van der Waals surface area contributed by atoms with Gasteiger partial charge >= 0.3 is 0 Å². The van der Waals surface area contributed by atoms with Crippen LogP contribution in [0.15, 0.2) is 23.1 Å². The first kappa shape index (κ1) is 14.5. The van der Waals surface area contributed by atoms with Crippen LogP contribution in [0.25, 0.3) is 0 Å². The maximum atomic E-state index is 12.0. The fraction of sp³-hybridized carbons (Fsp3) is 0.364. The number of carbonyl (C=O) groups is 1. The first-order valence-corrected chi connectivity index (χ1v) is 6.92. The molecule has 0 atom stereocenters. The fourth-order valence-corrected chi connectivity index (χ4v) is 2.92. The summed E-state index contributed by atoms with van der Waals surface area (Å²) in [6.07, 6.45) is 0.0848. The highest BCUT2D eigenvalue weighted by atomic mass is 32.2. The minimum absolute atomic E-state index is 0.0375. The molecule has 0 unspecified atom stereocenters. The number of anilines is 1. The van der Waals surface area contributed by atoms with Gasteiger partial charge < -0.3 is 11.1 Å². The highest BCUT2D eigenvalue weighted by Gasteiger charge is 2.19. The van der Waals surface area contributed by atoms with E-state index in [9.17, 15) is 13.2 Å². The van der Waals surface area contributed by atoms with Gasteiger partial charge in [0.05, 0.1) is 5.69 Å². The van der Waals surface area contributed by atoms with Gasteiger partial charge in [0.1, 0.15) is 4.90 Å². The van der Waals surface area contributed by atoms with Crippen LogP contribution in [-0.4, -0.2) is 27.9 Å². The molecule has 0 aliphatic rings. The van der Waals surface area contributed by atoms with Gasteiger partial charge in [0, 0.05) is 20.0 Å². The molecule has 4 N–H and O–H groups in total. The summed E-state index contributed by atoms with van der Waals surface area (Å²) in [7, 11) is -2.18. The Balaban J connectivity index is 2.84. The van der Waals surface area contributed by atoms with Crippen molar-refractivity contribution in [2.24, 2.45) is 0 Å². The molecule has 7 heteroatoms. The van der Waals surface area contributed by atoms with Gasteiger partial charge in [-0.3, -0.25) is 4.79 Å². The van der Waals surface area contributed by atoms with Gasteiger partial charge in [0.25, 0.3) is 0 Å². The Labute approximate surface area is 107 Å². The number of nitrogens with one attached hydrogen (secondary N) is 2. The Hall–Kier alpha value is -1.60. The van der Waals surface area contributed by atoms with Crippen LogP contribution in [0, 0.1) is 6.92 Å². The molecule has 6 nitrogen and oxygen atoms in total. The van der Waals surface area contributed by atoms with Gasteiger partial charge in [-0.25, -0.2) is 13.1 Å². The molecule has 100 valence electrons. The van der Waals surface area contributed by atoms with E-state index in [1.165, 1.54) is 13.1 Å². The SMILES string of the molecule is CNC(=O)CCNS(=O)(=O)c1c(C)cccc1N. The number of nitrogens with two attached hydrogens (primary N) is 1. The molecule has 0 aliphatic heterocycles. The second-order valence-corrected chi connectivity index (χ2v) is 5.52. The van der Waals surface area contributed by atoms with Gasteiger partial charge in [0.15, 0.2) is 0 Å². The Morgan fingerprint density at radius 3 is 2.61 bits per heavy atom. The predicted octanol–water partition coefficient (Wildman–Crippen LogP) is -0.00838. The third kappa shape index (κ3) is 3.44. The first-order chi connectivity index (χ1) is 8.38. The van der Waals surface area contributed by atoms with Gasteiger partial charge in [-0.1, -0.05) is 12.1 Å². The van der Waals surface area contributed by atoms with Crippen LogP contribution in [0.5, 0.6) is 0 Å². The molecule has 0 fully saturated rings. The zero-order chi connectivity index (χ0) is 13.8. The number of rotatable bonds is 5. The summed E-state index contributed by atoms with van der Waals surface area (Å²) in [6.45, 7) is 1.71. The number of hydrogen-bond donors (Lipinski definition) is 3. The zero-order valence-electron chi connectivity index (χ0n) is 10.4. The number of benzene rings is 1. The van der Waals surface area contributed by atoms with Crippen LogP contribution in [-0.2, 0) is 14.8 Å². The van der Waals surface area contributed by atoms with Crippen molar-refractivity contribution < 1.29 is 13.2 Å². The lowest BCUT2D eigenvalue weighted by Gasteiger charge is -2.11. The summed E-state index contributed by atoms with van der Waals surface area (Å²) in [5, 5.41) is 2.42. The molecule has 1 aromatic carbocycles. The average Bonchev–Trinajstić information content (AvgIpc) is 2.27. The van der Waals surface area contributed by atoms with Crippen LogP contribution < -0.4 is 15.8 Å². The minimum atomic E-state index is -3.68. The van der Waals surface area contributed by atoms with Crippen molar-refractivity contribution in [3.8, 4) is 0 Å². The molecular weight excluding hydrogens is 254 g/mol. The lowest BCUT2D eigenvalue weighted by molar-refractivity contribution is -0.120. The van der Waals surface area contributed by atoms with Crippen LogP contribution in [0.1, 0.15) is 12.0 Å². The van der Waals surface area contributed by atoms with Crippen molar-refractivity contribution in [2.45, 2.75) is 18.2 Å². The van der Waals surface area contributed by atoms with Crippen LogP contribution >= 0.6 is 0 Å². The second-order valence-electron chi connectivity index (χ2n) is 3.81. The quantitative estimate of drug-likeness (QED) is 0.656. The lowest BCUT2D eigenvalue weighted by atomic mass is 10.2. The van der Waals surface area contributed by atoms with E-state index >= 15 is 0 Å². The third-order valence-corrected chi connectivity index (χ3v) is 4.11. The van der Waals surface area contributed by atoms with E-state index in [0.717, 1.165) is 0 Å². The van der Waals surface area contributed by atoms with Crippen molar-refractivity contribution in [3.05, 3.63) is 23.8 Å². The smallest absolute Gasteiger partial charge is 0.242 e. The molecule has 0 spiro atoms. The van der Waals surface area contributed by atoms with E-state index < -0.39 is 10.0 Å². The molecule has 1 amide bonds. The fourth-order valence-electron chi connectivity index (χ4n) is 1.54.